The molecule has 8 nitrogen and oxygen atoms in total. The Bertz CT molecular complexity index is 945. The second-order valence-corrected chi connectivity index (χ2v) is 9.45. The van der Waals surface area contributed by atoms with Gasteiger partial charge in [-0.25, -0.2) is 9.78 Å². The third-order valence-electron chi connectivity index (χ3n) is 6.21. The lowest BCUT2D eigenvalue weighted by atomic mass is 9.75. The number of ether oxygens (including phenoxy) is 1. The van der Waals surface area contributed by atoms with E-state index in [0.717, 1.165) is 55.2 Å². The Labute approximate surface area is 179 Å². The average molecular weight is 433 g/mol. The summed E-state index contributed by atoms with van der Waals surface area (Å²) in [5.74, 6) is -0.795. The first-order valence-corrected chi connectivity index (χ1v) is 11.4. The molecule has 1 amide bonds. The molecule has 0 aromatic carbocycles. The van der Waals surface area contributed by atoms with Crippen molar-refractivity contribution in [3.63, 3.8) is 0 Å². The summed E-state index contributed by atoms with van der Waals surface area (Å²) in [6, 6.07) is 0. The number of hydrogen-bond donors (Lipinski definition) is 2. The molecule has 2 aliphatic rings. The van der Waals surface area contributed by atoms with Crippen LogP contribution in [0.1, 0.15) is 63.9 Å². The predicted octanol–water partition coefficient (Wildman–Crippen LogP) is 2.56. The van der Waals surface area contributed by atoms with E-state index in [-0.39, 0.29) is 22.9 Å². The molecule has 0 aliphatic carbocycles. The van der Waals surface area contributed by atoms with Crippen LogP contribution in [-0.2, 0) is 30.5 Å². The summed E-state index contributed by atoms with van der Waals surface area (Å²) in [5, 5.41) is 19.4. The molecule has 4 rings (SSSR count). The Kier molecular flexibility index (Phi) is 5.92. The molecule has 0 unspecified atom stereocenters. The van der Waals surface area contributed by atoms with Crippen molar-refractivity contribution in [3.05, 3.63) is 33.0 Å². The number of rotatable bonds is 6. The fourth-order valence-corrected chi connectivity index (χ4v) is 5.46. The van der Waals surface area contributed by atoms with Gasteiger partial charge in [0, 0.05) is 43.7 Å². The molecule has 4 heterocycles. The number of carbonyl (C=O) groups excluding carboxylic acids is 1. The average Bonchev–Trinajstić information content (AvgIpc) is 3.28. The molecule has 9 heteroatoms. The number of nitrogens with one attached hydrogen (secondary N) is 1. The number of aromatic carboxylic acids is 1. The summed E-state index contributed by atoms with van der Waals surface area (Å²) in [4.78, 5) is 28.2. The Morgan fingerprint density at radius 1 is 1.40 bits per heavy atom. The minimum Gasteiger partial charge on any atom is -0.476 e. The van der Waals surface area contributed by atoms with Gasteiger partial charge in [-0.05, 0) is 43.9 Å². The molecule has 1 saturated heterocycles. The summed E-state index contributed by atoms with van der Waals surface area (Å²) in [6.45, 7) is 6.92. The summed E-state index contributed by atoms with van der Waals surface area (Å²) in [7, 11) is 0. The van der Waals surface area contributed by atoms with Crippen molar-refractivity contribution in [3.8, 4) is 0 Å². The first-order chi connectivity index (χ1) is 14.4. The predicted molar refractivity (Wildman–Crippen MR) is 112 cm³/mol. The van der Waals surface area contributed by atoms with Crippen LogP contribution in [0.4, 0.5) is 0 Å². The topological polar surface area (TPSA) is 106 Å². The molecular weight excluding hydrogens is 404 g/mol. The fraction of sp³-hybridized carbons (Fsp3) is 0.619. The maximum atomic E-state index is 12.9. The molecule has 162 valence electrons. The number of amides is 1. The number of carboxylic acid groups (broad SMARTS) is 1. The zero-order chi connectivity index (χ0) is 21.3. The first kappa shape index (κ1) is 21.0. The van der Waals surface area contributed by atoms with Crippen LogP contribution in [0.25, 0.3) is 0 Å². The maximum Gasteiger partial charge on any atom is 0.355 e. The number of aromatic nitrogens is 3. The third kappa shape index (κ3) is 4.13. The summed E-state index contributed by atoms with van der Waals surface area (Å²) in [6.07, 6.45) is 4.15. The van der Waals surface area contributed by atoms with Crippen LogP contribution in [0.3, 0.4) is 0 Å². The van der Waals surface area contributed by atoms with Crippen LogP contribution < -0.4 is 5.32 Å². The van der Waals surface area contributed by atoms with E-state index >= 15 is 0 Å². The number of nitrogens with zero attached hydrogens (tertiary/aromatic N) is 3. The number of fused-ring (bicyclic) bond motifs is 1. The Morgan fingerprint density at radius 2 is 2.17 bits per heavy atom. The van der Waals surface area contributed by atoms with E-state index in [1.165, 1.54) is 11.3 Å². The lowest BCUT2D eigenvalue weighted by Gasteiger charge is -2.36. The van der Waals surface area contributed by atoms with Gasteiger partial charge in [0.1, 0.15) is 5.69 Å². The lowest BCUT2D eigenvalue weighted by molar-refractivity contribution is 0.0160. The highest BCUT2D eigenvalue weighted by molar-refractivity contribution is 7.09. The zero-order valence-corrected chi connectivity index (χ0v) is 18.3. The molecule has 1 fully saturated rings. The van der Waals surface area contributed by atoms with Gasteiger partial charge >= 0.3 is 5.97 Å². The molecule has 2 aromatic rings. The number of carbonyl (C=O) groups is 2. The van der Waals surface area contributed by atoms with E-state index < -0.39 is 5.97 Å². The van der Waals surface area contributed by atoms with Crippen LogP contribution in [-0.4, -0.2) is 51.5 Å². The molecule has 2 aliphatic heterocycles. The molecule has 1 spiro atoms. The van der Waals surface area contributed by atoms with E-state index in [1.807, 2.05) is 11.6 Å². The van der Waals surface area contributed by atoms with Crippen LogP contribution in [0.2, 0.25) is 0 Å². The van der Waals surface area contributed by atoms with E-state index in [2.05, 4.69) is 17.2 Å². The highest BCUT2D eigenvalue weighted by Crippen LogP contribution is 2.38. The van der Waals surface area contributed by atoms with Crippen molar-refractivity contribution in [2.45, 2.75) is 52.5 Å². The van der Waals surface area contributed by atoms with Crippen molar-refractivity contribution in [1.29, 1.82) is 0 Å². The lowest BCUT2D eigenvalue weighted by Crippen LogP contribution is -2.40. The second kappa shape index (κ2) is 8.47. The molecule has 2 N–H and O–H groups in total. The van der Waals surface area contributed by atoms with Crippen LogP contribution in [0, 0.1) is 11.3 Å². The van der Waals surface area contributed by atoms with Gasteiger partial charge in [0.2, 0.25) is 0 Å². The van der Waals surface area contributed by atoms with E-state index in [1.54, 1.807) is 5.38 Å². The zero-order valence-electron chi connectivity index (χ0n) is 17.4. The largest absolute Gasteiger partial charge is 0.476 e. The van der Waals surface area contributed by atoms with Crippen molar-refractivity contribution in [2.24, 2.45) is 11.3 Å². The Hall–Kier alpha value is -2.26. The Morgan fingerprint density at radius 3 is 2.83 bits per heavy atom. The number of hydrogen-bond acceptors (Lipinski definition) is 6. The third-order valence-corrected chi connectivity index (χ3v) is 7.08. The van der Waals surface area contributed by atoms with Crippen molar-refractivity contribution >= 4 is 23.2 Å². The quantitative estimate of drug-likeness (QED) is 0.727. The van der Waals surface area contributed by atoms with Crippen molar-refractivity contribution < 1.29 is 19.4 Å². The van der Waals surface area contributed by atoms with E-state index in [9.17, 15) is 9.59 Å². The van der Waals surface area contributed by atoms with Gasteiger partial charge in [-0.3, -0.25) is 9.48 Å². The fourth-order valence-electron chi connectivity index (χ4n) is 4.53. The van der Waals surface area contributed by atoms with Crippen LogP contribution >= 0.6 is 11.3 Å². The second-order valence-electron chi connectivity index (χ2n) is 8.51. The highest BCUT2D eigenvalue weighted by atomic mass is 32.1. The minimum atomic E-state index is -0.995. The molecule has 2 aromatic heterocycles. The van der Waals surface area contributed by atoms with E-state index in [4.69, 9.17) is 14.9 Å². The molecule has 0 radical (unpaired) electrons. The molecule has 1 atom stereocenters. The molecular formula is C21H28N4O4S. The van der Waals surface area contributed by atoms with Gasteiger partial charge in [-0.1, -0.05) is 6.92 Å². The molecule has 30 heavy (non-hydrogen) atoms. The van der Waals surface area contributed by atoms with Gasteiger partial charge in [-0.15, -0.1) is 11.3 Å². The standard InChI is InChI=1S/C21H28N4O4S/c1-3-25-18-14(10-21(12-22-19(18)26)4-6-29-7-5-21)15(24-25)8-13(2)9-17-23-16(11-30-17)20(27)28/h11,13H,3-10,12H2,1-2H3,(H,22,26)(H,27,28)/t13-/m1/s1. The van der Waals surface area contributed by atoms with Gasteiger partial charge in [-0.2, -0.15) is 5.10 Å². The summed E-state index contributed by atoms with van der Waals surface area (Å²) < 4.78 is 7.41. The normalized spacial score (nSPS) is 19.2. The maximum absolute atomic E-state index is 12.9. The smallest absolute Gasteiger partial charge is 0.355 e. The summed E-state index contributed by atoms with van der Waals surface area (Å²) in [5.41, 5.74) is 2.89. The van der Waals surface area contributed by atoms with Crippen LogP contribution in [0.15, 0.2) is 5.38 Å². The van der Waals surface area contributed by atoms with Crippen molar-refractivity contribution in [1.82, 2.24) is 20.1 Å². The number of aryl methyl sites for hydroxylation is 1. The number of thiazole rings is 1. The highest BCUT2D eigenvalue weighted by Gasteiger charge is 2.39. The van der Waals surface area contributed by atoms with Gasteiger partial charge in [0.25, 0.3) is 5.91 Å². The molecule has 0 bridgehead atoms. The monoisotopic (exact) mass is 432 g/mol. The minimum absolute atomic E-state index is 0.0322. The van der Waals surface area contributed by atoms with Gasteiger partial charge in [0.15, 0.2) is 5.69 Å². The van der Waals surface area contributed by atoms with Gasteiger partial charge in [0.05, 0.1) is 10.7 Å². The summed E-state index contributed by atoms with van der Waals surface area (Å²) >= 11 is 1.38. The van der Waals surface area contributed by atoms with Gasteiger partial charge < -0.3 is 15.2 Å². The van der Waals surface area contributed by atoms with Crippen molar-refractivity contribution in [2.75, 3.05) is 19.8 Å². The SMILES string of the molecule is CCn1nc(C[C@@H](C)Cc2nc(C(=O)O)cs2)c2c1C(=O)NCC1(CCOCC1)C2. The van der Waals surface area contributed by atoms with Crippen LogP contribution in [0.5, 0.6) is 0 Å². The number of carboxylic acids is 1. The Balaban J connectivity index is 1.59. The first-order valence-electron chi connectivity index (χ1n) is 10.5. The van der Waals surface area contributed by atoms with E-state index in [0.29, 0.717) is 25.2 Å². The molecule has 0 saturated carbocycles.